The Morgan fingerprint density at radius 3 is 2.52 bits per heavy atom. The van der Waals surface area contributed by atoms with E-state index in [4.69, 9.17) is 4.74 Å². The number of anilines is 1. The molecule has 8 nitrogen and oxygen atoms in total. The molecule has 0 bridgehead atoms. The van der Waals surface area contributed by atoms with Gasteiger partial charge in [-0.1, -0.05) is 0 Å². The minimum Gasteiger partial charge on any atom is -0.481 e. The van der Waals surface area contributed by atoms with E-state index in [-0.39, 0.29) is 17.9 Å². The monoisotopic (exact) mass is 347 g/mol. The predicted molar refractivity (Wildman–Crippen MR) is 92.5 cm³/mol. The van der Waals surface area contributed by atoms with E-state index in [1.165, 1.54) is 6.92 Å². The fourth-order valence-electron chi connectivity index (χ4n) is 3.51. The maximum Gasteiger partial charge on any atom is 0.245 e. The molecule has 0 aliphatic carbocycles. The lowest BCUT2D eigenvalue weighted by Gasteiger charge is -2.37. The third-order valence-electron chi connectivity index (χ3n) is 4.84. The highest BCUT2D eigenvalue weighted by Gasteiger charge is 2.36. The summed E-state index contributed by atoms with van der Waals surface area (Å²) in [6.07, 6.45) is 1.66. The summed E-state index contributed by atoms with van der Waals surface area (Å²) in [7, 11) is 1.59. The Morgan fingerprint density at radius 2 is 1.88 bits per heavy atom. The van der Waals surface area contributed by atoms with Crippen LogP contribution < -0.4 is 9.64 Å². The molecule has 0 radical (unpaired) electrons. The molecule has 8 heteroatoms. The van der Waals surface area contributed by atoms with Crippen LogP contribution in [0.3, 0.4) is 0 Å². The minimum atomic E-state index is -0.292. The Balaban J connectivity index is 1.63. The number of carbonyl (C=O) groups is 2. The second-order valence-corrected chi connectivity index (χ2v) is 6.53. The highest BCUT2D eigenvalue weighted by molar-refractivity contribution is 5.87. The van der Waals surface area contributed by atoms with E-state index in [9.17, 15) is 9.59 Å². The highest BCUT2D eigenvalue weighted by Crippen LogP contribution is 2.21. The zero-order chi connectivity index (χ0) is 18.0. The summed E-state index contributed by atoms with van der Waals surface area (Å²) < 4.78 is 5.21. The van der Waals surface area contributed by atoms with E-state index in [2.05, 4.69) is 14.9 Å². The summed E-state index contributed by atoms with van der Waals surface area (Å²) in [6, 6.07) is 1.50. The number of amides is 2. The molecular weight excluding hydrogens is 322 g/mol. The van der Waals surface area contributed by atoms with Gasteiger partial charge < -0.3 is 19.4 Å². The first-order chi connectivity index (χ1) is 12.0. The molecule has 1 atom stereocenters. The van der Waals surface area contributed by atoms with Gasteiger partial charge in [-0.2, -0.15) is 4.98 Å². The number of likely N-dealkylation sites (tertiary alicyclic amines) is 1. The molecule has 1 unspecified atom stereocenters. The molecule has 0 spiro atoms. The zero-order valence-electron chi connectivity index (χ0n) is 15.1. The number of carbonyl (C=O) groups excluding carboxylic acids is 2. The summed E-state index contributed by atoms with van der Waals surface area (Å²) in [5.74, 6) is 1.23. The molecule has 0 aromatic carbocycles. The van der Waals surface area contributed by atoms with Crippen molar-refractivity contribution in [2.75, 3.05) is 44.7 Å². The number of hydrogen-bond acceptors (Lipinski definition) is 6. The smallest absolute Gasteiger partial charge is 0.245 e. The van der Waals surface area contributed by atoms with E-state index < -0.39 is 0 Å². The molecule has 1 aromatic rings. The summed E-state index contributed by atoms with van der Waals surface area (Å²) in [5, 5.41) is 0. The Morgan fingerprint density at radius 1 is 1.16 bits per heavy atom. The van der Waals surface area contributed by atoms with Gasteiger partial charge in [-0.25, -0.2) is 4.98 Å². The molecule has 0 saturated carbocycles. The Hall–Kier alpha value is -2.38. The standard InChI is InChI=1S/C17H25N5O3/c1-12-11-15(25-3)19-17(18-12)21-9-7-20(8-10-21)16(24)14-5-4-6-22(14)13(2)23/h11,14H,4-10H2,1-3H3. The van der Waals surface area contributed by atoms with Crippen molar-refractivity contribution in [3.63, 3.8) is 0 Å². The number of methoxy groups -OCH3 is 1. The molecular formula is C17H25N5O3. The van der Waals surface area contributed by atoms with Crippen molar-refractivity contribution in [1.29, 1.82) is 0 Å². The van der Waals surface area contributed by atoms with Crippen LogP contribution in [0.4, 0.5) is 5.95 Å². The van der Waals surface area contributed by atoms with Crippen molar-refractivity contribution in [2.45, 2.75) is 32.7 Å². The van der Waals surface area contributed by atoms with Gasteiger partial charge in [0.25, 0.3) is 0 Å². The van der Waals surface area contributed by atoms with Crippen LogP contribution in [0.2, 0.25) is 0 Å². The van der Waals surface area contributed by atoms with Gasteiger partial charge in [-0.3, -0.25) is 9.59 Å². The number of hydrogen-bond donors (Lipinski definition) is 0. The summed E-state index contributed by atoms with van der Waals surface area (Å²) >= 11 is 0. The van der Waals surface area contributed by atoms with Crippen LogP contribution in [-0.4, -0.2) is 77.5 Å². The molecule has 2 saturated heterocycles. The average molecular weight is 347 g/mol. The SMILES string of the molecule is COc1cc(C)nc(N2CCN(C(=O)C3CCCN3C(C)=O)CC2)n1. The number of ether oxygens (including phenoxy) is 1. The topological polar surface area (TPSA) is 78.9 Å². The second-order valence-electron chi connectivity index (χ2n) is 6.53. The number of rotatable bonds is 3. The maximum absolute atomic E-state index is 12.8. The zero-order valence-corrected chi connectivity index (χ0v) is 15.1. The fraction of sp³-hybridized carbons (Fsp3) is 0.647. The lowest BCUT2D eigenvalue weighted by Crippen LogP contribution is -2.54. The number of nitrogens with zero attached hydrogens (tertiary/aromatic N) is 5. The van der Waals surface area contributed by atoms with E-state index in [0.29, 0.717) is 44.6 Å². The van der Waals surface area contributed by atoms with Crippen LogP contribution >= 0.6 is 0 Å². The van der Waals surface area contributed by atoms with Gasteiger partial charge in [0.05, 0.1) is 7.11 Å². The average Bonchev–Trinajstić information content (AvgIpc) is 3.10. The van der Waals surface area contributed by atoms with Crippen LogP contribution in [-0.2, 0) is 9.59 Å². The van der Waals surface area contributed by atoms with Gasteiger partial charge >= 0.3 is 0 Å². The van der Waals surface area contributed by atoms with E-state index in [1.807, 2.05) is 11.8 Å². The van der Waals surface area contributed by atoms with Crippen LogP contribution in [0.25, 0.3) is 0 Å². The van der Waals surface area contributed by atoms with Crippen molar-refractivity contribution in [3.8, 4) is 5.88 Å². The fourth-order valence-corrected chi connectivity index (χ4v) is 3.51. The summed E-state index contributed by atoms with van der Waals surface area (Å²) in [4.78, 5) is 38.9. The number of aromatic nitrogens is 2. The minimum absolute atomic E-state index is 0.0188. The molecule has 3 rings (SSSR count). The van der Waals surface area contributed by atoms with E-state index in [1.54, 1.807) is 18.1 Å². The third-order valence-corrected chi connectivity index (χ3v) is 4.84. The predicted octanol–water partition coefficient (Wildman–Crippen LogP) is 0.453. The normalized spacial score (nSPS) is 20.8. The molecule has 136 valence electrons. The summed E-state index contributed by atoms with van der Waals surface area (Å²) in [5.41, 5.74) is 0.850. The Labute approximate surface area is 147 Å². The van der Waals surface area contributed by atoms with Gasteiger partial charge in [0.1, 0.15) is 6.04 Å². The Kier molecular flexibility index (Phi) is 5.06. The lowest BCUT2D eigenvalue weighted by molar-refractivity contribution is -0.143. The molecule has 2 amide bonds. The molecule has 2 aliphatic rings. The maximum atomic E-state index is 12.8. The van der Waals surface area contributed by atoms with Crippen molar-refractivity contribution < 1.29 is 14.3 Å². The molecule has 3 heterocycles. The molecule has 0 N–H and O–H groups in total. The van der Waals surface area contributed by atoms with Crippen molar-refractivity contribution in [2.24, 2.45) is 0 Å². The van der Waals surface area contributed by atoms with Gasteiger partial charge in [0.2, 0.25) is 23.6 Å². The Bertz CT molecular complexity index is 658. The van der Waals surface area contributed by atoms with Gasteiger partial charge in [-0.15, -0.1) is 0 Å². The lowest BCUT2D eigenvalue weighted by atomic mass is 10.1. The molecule has 2 aliphatic heterocycles. The highest BCUT2D eigenvalue weighted by atomic mass is 16.5. The summed E-state index contributed by atoms with van der Waals surface area (Å²) in [6.45, 7) is 6.69. The number of piperazine rings is 1. The third kappa shape index (κ3) is 3.67. The van der Waals surface area contributed by atoms with Crippen molar-refractivity contribution in [3.05, 3.63) is 11.8 Å². The van der Waals surface area contributed by atoms with Crippen molar-refractivity contribution >= 4 is 17.8 Å². The first-order valence-corrected chi connectivity index (χ1v) is 8.70. The van der Waals surface area contributed by atoms with Crippen LogP contribution in [0.5, 0.6) is 5.88 Å². The van der Waals surface area contributed by atoms with E-state index in [0.717, 1.165) is 18.5 Å². The van der Waals surface area contributed by atoms with Crippen LogP contribution in [0.15, 0.2) is 6.07 Å². The molecule has 2 fully saturated rings. The van der Waals surface area contributed by atoms with E-state index >= 15 is 0 Å². The van der Waals surface area contributed by atoms with Gasteiger partial charge in [-0.05, 0) is 19.8 Å². The van der Waals surface area contributed by atoms with Crippen LogP contribution in [0, 0.1) is 6.92 Å². The first kappa shape index (κ1) is 17.4. The van der Waals surface area contributed by atoms with Gasteiger partial charge in [0, 0.05) is 51.4 Å². The first-order valence-electron chi connectivity index (χ1n) is 8.70. The number of aryl methyl sites for hydroxylation is 1. The van der Waals surface area contributed by atoms with Crippen molar-refractivity contribution in [1.82, 2.24) is 19.8 Å². The second kappa shape index (κ2) is 7.25. The van der Waals surface area contributed by atoms with Crippen LogP contribution in [0.1, 0.15) is 25.5 Å². The quantitative estimate of drug-likeness (QED) is 0.790. The molecule has 1 aromatic heterocycles. The largest absolute Gasteiger partial charge is 0.481 e. The molecule has 25 heavy (non-hydrogen) atoms. The van der Waals surface area contributed by atoms with Gasteiger partial charge in [0.15, 0.2) is 0 Å².